The second-order valence-corrected chi connectivity index (χ2v) is 3.14. The van der Waals surface area contributed by atoms with Crippen molar-refractivity contribution in [2.45, 2.75) is 13.5 Å². The van der Waals surface area contributed by atoms with Gasteiger partial charge in [-0.3, -0.25) is 0 Å². The minimum Gasteiger partial charge on any atom is -0.392 e. The highest BCUT2D eigenvalue weighted by atomic mass is 19.1. The number of aryl methyl sites for hydroxylation is 1. The Bertz CT molecular complexity index is 447. The molecule has 2 rings (SSSR count). The predicted molar refractivity (Wildman–Crippen MR) is 48.9 cm³/mol. The number of hydrogen-bond donors (Lipinski definition) is 2. The number of nitrogens with one attached hydrogen (secondary N) is 1. The van der Waals surface area contributed by atoms with Crippen molar-refractivity contribution in [1.82, 2.24) is 4.98 Å². The Morgan fingerprint density at radius 1 is 1.38 bits per heavy atom. The van der Waals surface area contributed by atoms with Crippen molar-refractivity contribution in [2.75, 3.05) is 0 Å². The molecule has 0 aliphatic heterocycles. The van der Waals surface area contributed by atoms with Gasteiger partial charge < -0.3 is 10.1 Å². The lowest BCUT2D eigenvalue weighted by Crippen LogP contribution is -1.88. The summed E-state index contributed by atoms with van der Waals surface area (Å²) in [5, 5.41) is 9.67. The molecule has 0 saturated carbocycles. The maximum Gasteiger partial charge on any atom is 0.129 e. The van der Waals surface area contributed by atoms with Crippen LogP contribution in [0.1, 0.15) is 11.3 Å². The SMILES string of the molecule is Cc1cc2cc(F)c(CO)cc2[nH]1. The summed E-state index contributed by atoms with van der Waals surface area (Å²) in [5.41, 5.74) is 2.18. The molecule has 0 atom stereocenters. The van der Waals surface area contributed by atoms with Crippen LogP contribution in [0.3, 0.4) is 0 Å². The van der Waals surface area contributed by atoms with Gasteiger partial charge in [0.2, 0.25) is 0 Å². The first-order valence-corrected chi connectivity index (χ1v) is 4.09. The molecule has 0 aliphatic carbocycles. The van der Waals surface area contributed by atoms with Gasteiger partial charge in [-0.2, -0.15) is 0 Å². The number of fused-ring (bicyclic) bond motifs is 1. The molecule has 0 fully saturated rings. The van der Waals surface area contributed by atoms with Crippen molar-refractivity contribution >= 4 is 10.9 Å². The number of benzene rings is 1. The quantitative estimate of drug-likeness (QED) is 0.691. The second kappa shape index (κ2) is 2.85. The average Bonchev–Trinajstić information content (AvgIpc) is 2.42. The highest BCUT2D eigenvalue weighted by Gasteiger charge is 2.04. The number of H-pyrrole nitrogens is 1. The van der Waals surface area contributed by atoms with E-state index in [1.807, 2.05) is 13.0 Å². The van der Waals surface area contributed by atoms with E-state index in [1.54, 1.807) is 6.07 Å². The summed E-state index contributed by atoms with van der Waals surface area (Å²) in [5.74, 6) is -0.353. The molecule has 1 heterocycles. The number of aliphatic hydroxyl groups is 1. The van der Waals surface area contributed by atoms with E-state index in [2.05, 4.69) is 4.98 Å². The summed E-state index contributed by atoms with van der Waals surface area (Å²) in [7, 11) is 0. The number of aromatic amines is 1. The molecule has 1 aromatic heterocycles. The standard InChI is InChI=1S/C10H10FNO/c1-6-2-7-3-9(11)8(5-13)4-10(7)12-6/h2-4,12-13H,5H2,1H3. The van der Waals surface area contributed by atoms with E-state index >= 15 is 0 Å². The molecule has 13 heavy (non-hydrogen) atoms. The van der Waals surface area contributed by atoms with Crippen molar-refractivity contribution in [3.8, 4) is 0 Å². The first-order chi connectivity index (χ1) is 6.20. The third-order valence-corrected chi connectivity index (χ3v) is 2.09. The fourth-order valence-electron chi connectivity index (χ4n) is 1.46. The predicted octanol–water partition coefficient (Wildman–Crippen LogP) is 2.11. The molecule has 0 spiro atoms. The fraction of sp³-hybridized carbons (Fsp3) is 0.200. The van der Waals surface area contributed by atoms with Crippen molar-refractivity contribution in [2.24, 2.45) is 0 Å². The molecule has 0 unspecified atom stereocenters. The smallest absolute Gasteiger partial charge is 0.129 e. The first-order valence-electron chi connectivity index (χ1n) is 4.09. The minimum atomic E-state index is -0.353. The van der Waals surface area contributed by atoms with Crippen molar-refractivity contribution in [3.05, 3.63) is 35.3 Å². The molecule has 1 aromatic carbocycles. The molecule has 3 heteroatoms. The van der Waals surface area contributed by atoms with Gasteiger partial charge in [0, 0.05) is 22.2 Å². The van der Waals surface area contributed by atoms with Crippen LogP contribution in [0.4, 0.5) is 4.39 Å². The molecule has 0 amide bonds. The molecule has 68 valence electrons. The van der Waals surface area contributed by atoms with Gasteiger partial charge in [0.05, 0.1) is 6.61 Å². The fourth-order valence-corrected chi connectivity index (χ4v) is 1.46. The third-order valence-electron chi connectivity index (χ3n) is 2.09. The van der Waals surface area contributed by atoms with Crippen LogP contribution < -0.4 is 0 Å². The topological polar surface area (TPSA) is 36.0 Å². The Morgan fingerprint density at radius 2 is 2.15 bits per heavy atom. The molecule has 0 saturated heterocycles. The Kier molecular flexibility index (Phi) is 1.81. The maximum atomic E-state index is 13.2. The lowest BCUT2D eigenvalue weighted by atomic mass is 10.1. The Morgan fingerprint density at radius 3 is 2.85 bits per heavy atom. The first kappa shape index (κ1) is 8.26. The van der Waals surface area contributed by atoms with E-state index in [1.165, 1.54) is 6.07 Å². The summed E-state index contributed by atoms with van der Waals surface area (Å²) in [4.78, 5) is 3.08. The van der Waals surface area contributed by atoms with Gasteiger partial charge in [-0.15, -0.1) is 0 Å². The number of hydrogen-bond acceptors (Lipinski definition) is 1. The normalized spacial score (nSPS) is 11.0. The summed E-state index contributed by atoms with van der Waals surface area (Å²) < 4.78 is 13.2. The van der Waals surface area contributed by atoms with Crippen LogP contribution in [0.25, 0.3) is 10.9 Å². The molecule has 0 bridgehead atoms. The van der Waals surface area contributed by atoms with Gasteiger partial charge >= 0.3 is 0 Å². The zero-order valence-corrected chi connectivity index (χ0v) is 7.26. The number of halogens is 1. The molecule has 0 aliphatic rings. The van der Waals surface area contributed by atoms with Crippen LogP contribution in [0.5, 0.6) is 0 Å². The summed E-state index contributed by atoms with van der Waals surface area (Å²) in [6, 6.07) is 4.95. The average molecular weight is 179 g/mol. The van der Waals surface area contributed by atoms with Crippen molar-refractivity contribution in [1.29, 1.82) is 0 Å². The Labute approximate surface area is 75.0 Å². The van der Waals surface area contributed by atoms with Crippen LogP contribution in [-0.4, -0.2) is 10.1 Å². The monoisotopic (exact) mass is 179 g/mol. The molecule has 2 N–H and O–H groups in total. The number of aliphatic hydroxyl groups excluding tert-OH is 1. The van der Waals surface area contributed by atoms with Gasteiger partial charge in [-0.1, -0.05) is 0 Å². The van der Waals surface area contributed by atoms with E-state index in [4.69, 9.17) is 5.11 Å². The maximum absolute atomic E-state index is 13.2. The van der Waals surface area contributed by atoms with Gasteiger partial charge in [-0.25, -0.2) is 4.39 Å². The third kappa shape index (κ3) is 1.31. The number of aromatic nitrogens is 1. The van der Waals surface area contributed by atoms with Crippen LogP contribution >= 0.6 is 0 Å². The van der Waals surface area contributed by atoms with E-state index in [9.17, 15) is 4.39 Å². The van der Waals surface area contributed by atoms with Crippen molar-refractivity contribution < 1.29 is 9.50 Å². The van der Waals surface area contributed by atoms with E-state index < -0.39 is 0 Å². The van der Waals surface area contributed by atoms with Crippen LogP contribution in [0, 0.1) is 12.7 Å². The molecule has 0 radical (unpaired) electrons. The van der Waals surface area contributed by atoms with E-state index in [0.29, 0.717) is 5.56 Å². The summed E-state index contributed by atoms with van der Waals surface area (Å²) in [6.07, 6.45) is 0. The van der Waals surface area contributed by atoms with Crippen LogP contribution in [0.2, 0.25) is 0 Å². The minimum absolute atomic E-state index is 0.264. The lowest BCUT2D eigenvalue weighted by molar-refractivity contribution is 0.276. The molecular weight excluding hydrogens is 169 g/mol. The highest BCUT2D eigenvalue weighted by Crippen LogP contribution is 2.19. The Hall–Kier alpha value is -1.35. The van der Waals surface area contributed by atoms with E-state index in [-0.39, 0.29) is 12.4 Å². The zero-order chi connectivity index (χ0) is 9.42. The number of rotatable bonds is 1. The van der Waals surface area contributed by atoms with Crippen LogP contribution in [-0.2, 0) is 6.61 Å². The second-order valence-electron chi connectivity index (χ2n) is 3.14. The highest BCUT2D eigenvalue weighted by molar-refractivity contribution is 5.81. The Balaban J connectivity index is 2.72. The van der Waals surface area contributed by atoms with Gasteiger partial charge in [-0.05, 0) is 25.1 Å². The van der Waals surface area contributed by atoms with Gasteiger partial charge in [0.1, 0.15) is 5.82 Å². The van der Waals surface area contributed by atoms with Gasteiger partial charge in [0.25, 0.3) is 0 Å². The largest absolute Gasteiger partial charge is 0.392 e. The molecular formula is C10H10FNO. The van der Waals surface area contributed by atoms with E-state index in [0.717, 1.165) is 16.6 Å². The zero-order valence-electron chi connectivity index (χ0n) is 7.26. The lowest BCUT2D eigenvalue weighted by Gasteiger charge is -1.98. The molecule has 2 aromatic rings. The van der Waals surface area contributed by atoms with Crippen LogP contribution in [0.15, 0.2) is 18.2 Å². The summed E-state index contributed by atoms with van der Waals surface area (Å²) >= 11 is 0. The molecule has 2 nitrogen and oxygen atoms in total. The summed E-state index contributed by atoms with van der Waals surface area (Å²) in [6.45, 7) is 1.65. The van der Waals surface area contributed by atoms with Crippen molar-refractivity contribution in [3.63, 3.8) is 0 Å². The van der Waals surface area contributed by atoms with Gasteiger partial charge in [0.15, 0.2) is 0 Å².